The summed E-state index contributed by atoms with van der Waals surface area (Å²) in [5, 5.41) is 5.07. The van der Waals surface area contributed by atoms with Crippen LogP contribution in [0, 0.1) is 0 Å². The zero-order valence-electron chi connectivity index (χ0n) is 20.6. The van der Waals surface area contributed by atoms with Gasteiger partial charge in [-0.25, -0.2) is 9.97 Å². The van der Waals surface area contributed by atoms with Crippen LogP contribution in [0.5, 0.6) is 0 Å². The summed E-state index contributed by atoms with van der Waals surface area (Å²) in [7, 11) is 0. The van der Waals surface area contributed by atoms with Gasteiger partial charge < -0.3 is 0 Å². The van der Waals surface area contributed by atoms with Crippen LogP contribution >= 0.6 is 0 Å². The summed E-state index contributed by atoms with van der Waals surface area (Å²) in [6.45, 7) is 0. The lowest BCUT2D eigenvalue weighted by atomic mass is 9.91. The summed E-state index contributed by atoms with van der Waals surface area (Å²) >= 11 is 0. The van der Waals surface area contributed by atoms with Crippen LogP contribution in [0.3, 0.4) is 0 Å². The maximum atomic E-state index is 4.43. The molecule has 0 spiro atoms. The molecule has 0 aliphatic heterocycles. The Balaban J connectivity index is 1.27. The number of benzene rings is 6. The van der Waals surface area contributed by atoms with Gasteiger partial charge in [0.15, 0.2) is 5.82 Å². The molecule has 6 aromatic carbocycles. The van der Waals surface area contributed by atoms with E-state index in [4.69, 9.17) is 0 Å². The molecule has 0 saturated carbocycles. The van der Waals surface area contributed by atoms with Gasteiger partial charge in [-0.1, -0.05) is 103 Å². The molecule has 0 atom stereocenters. The van der Waals surface area contributed by atoms with E-state index in [1.54, 1.807) is 12.4 Å². The maximum Gasteiger partial charge on any atom is 0.159 e. The van der Waals surface area contributed by atoms with Crippen LogP contribution in [0.1, 0.15) is 0 Å². The van der Waals surface area contributed by atoms with Crippen LogP contribution < -0.4 is 0 Å². The topological polar surface area (TPSA) is 25.8 Å². The molecule has 7 aromatic rings. The zero-order chi connectivity index (χ0) is 25.1. The van der Waals surface area contributed by atoms with Crippen molar-refractivity contribution in [2.24, 2.45) is 0 Å². The van der Waals surface area contributed by atoms with Crippen molar-refractivity contribution in [3.63, 3.8) is 0 Å². The van der Waals surface area contributed by atoms with Crippen molar-refractivity contribution < 1.29 is 0 Å². The van der Waals surface area contributed by atoms with E-state index in [0.29, 0.717) is 0 Å². The first-order chi connectivity index (χ1) is 18.8. The van der Waals surface area contributed by atoms with Crippen LogP contribution in [0.15, 0.2) is 134 Å². The minimum absolute atomic E-state index is 0.746. The molecule has 2 heteroatoms. The van der Waals surface area contributed by atoms with Gasteiger partial charge in [-0.2, -0.15) is 0 Å². The highest BCUT2D eigenvalue weighted by Gasteiger charge is 2.22. The average Bonchev–Trinajstić information content (AvgIpc) is 3.32. The Kier molecular flexibility index (Phi) is 4.55. The van der Waals surface area contributed by atoms with Gasteiger partial charge in [-0.05, 0) is 84.3 Å². The molecule has 8 rings (SSSR count). The zero-order valence-corrected chi connectivity index (χ0v) is 20.6. The van der Waals surface area contributed by atoms with Crippen molar-refractivity contribution in [1.82, 2.24) is 9.97 Å². The monoisotopic (exact) mass is 482 g/mol. The van der Waals surface area contributed by atoms with E-state index in [2.05, 4.69) is 125 Å². The quantitative estimate of drug-likeness (QED) is 0.251. The average molecular weight is 483 g/mol. The second kappa shape index (κ2) is 8.22. The first-order valence-electron chi connectivity index (χ1n) is 12.9. The van der Waals surface area contributed by atoms with Crippen LogP contribution in [0.4, 0.5) is 0 Å². The Morgan fingerprint density at radius 2 is 1.00 bits per heavy atom. The Labute approximate surface area is 220 Å². The predicted molar refractivity (Wildman–Crippen MR) is 158 cm³/mol. The van der Waals surface area contributed by atoms with Gasteiger partial charge in [0.1, 0.15) is 0 Å². The van der Waals surface area contributed by atoms with Crippen LogP contribution in [0.2, 0.25) is 0 Å². The lowest BCUT2D eigenvalue weighted by Gasteiger charge is -2.13. The highest BCUT2D eigenvalue weighted by Crippen LogP contribution is 2.49. The van der Waals surface area contributed by atoms with Gasteiger partial charge in [0, 0.05) is 18.0 Å². The third-order valence-corrected chi connectivity index (χ3v) is 7.74. The van der Waals surface area contributed by atoms with Crippen LogP contribution in [0.25, 0.3) is 77.4 Å². The number of fused-ring (bicyclic) bond motifs is 4. The SMILES string of the molecule is c1cnc(-c2ccc3c(-c4cccc(-c5ccc6c7c(cccc57)-c5ccccc5-6)c4)cccc3c2)nc1. The number of nitrogens with zero attached hydrogens (tertiary/aromatic N) is 2. The van der Waals surface area contributed by atoms with E-state index in [-0.39, 0.29) is 0 Å². The van der Waals surface area contributed by atoms with Gasteiger partial charge in [0.05, 0.1) is 0 Å². The van der Waals surface area contributed by atoms with E-state index in [1.165, 1.54) is 66.1 Å². The van der Waals surface area contributed by atoms with E-state index in [0.717, 1.165) is 11.4 Å². The predicted octanol–water partition coefficient (Wildman–Crippen LogP) is 9.43. The molecule has 2 nitrogen and oxygen atoms in total. The normalized spacial score (nSPS) is 11.7. The van der Waals surface area contributed by atoms with E-state index in [9.17, 15) is 0 Å². The molecule has 1 aromatic heterocycles. The van der Waals surface area contributed by atoms with E-state index in [1.807, 2.05) is 6.07 Å². The summed E-state index contributed by atoms with van der Waals surface area (Å²) in [5.41, 5.74) is 11.3. The number of aromatic nitrogens is 2. The van der Waals surface area contributed by atoms with Crippen molar-refractivity contribution in [2.45, 2.75) is 0 Å². The Morgan fingerprint density at radius 3 is 1.82 bits per heavy atom. The molecule has 0 fully saturated rings. The first-order valence-corrected chi connectivity index (χ1v) is 12.9. The van der Waals surface area contributed by atoms with Crippen molar-refractivity contribution in [2.75, 3.05) is 0 Å². The van der Waals surface area contributed by atoms with Gasteiger partial charge in [0.25, 0.3) is 0 Å². The molecule has 38 heavy (non-hydrogen) atoms. The Hall–Kier alpha value is -5.08. The number of rotatable bonds is 3. The third kappa shape index (κ3) is 3.14. The number of hydrogen-bond acceptors (Lipinski definition) is 2. The molecule has 0 amide bonds. The summed E-state index contributed by atoms with van der Waals surface area (Å²) in [5.74, 6) is 0.746. The largest absolute Gasteiger partial charge is 0.237 e. The molecule has 0 bridgehead atoms. The van der Waals surface area contributed by atoms with Crippen molar-refractivity contribution in [3.8, 4) is 55.9 Å². The summed E-state index contributed by atoms with van der Waals surface area (Å²) in [4.78, 5) is 8.85. The van der Waals surface area contributed by atoms with Crippen LogP contribution in [-0.4, -0.2) is 9.97 Å². The summed E-state index contributed by atoms with van der Waals surface area (Å²) in [6.07, 6.45) is 3.57. The van der Waals surface area contributed by atoms with Crippen molar-refractivity contribution in [3.05, 3.63) is 134 Å². The molecule has 0 radical (unpaired) electrons. The summed E-state index contributed by atoms with van der Waals surface area (Å²) < 4.78 is 0. The van der Waals surface area contributed by atoms with E-state index < -0.39 is 0 Å². The lowest BCUT2D eigenvalue weighted by Crippen LogP contribution is -1.88. The van der Waals surface area contributed by atoms with Gasteiger partial charge in [0.2, 0.25) is 0 Å². The molecule has 0 unspecified atom stereocenters. The Bertz CT molecular complexity index is 1990. The minimum atomic E-state index is 0.746. The molecule has 1 heterocycles. The van der Waals surface area contributed by atoms with Crippen molar-refractivity contribution >= 4 is 21.5 Å². The molecular formula is C36H22N2. The van der Waals surface area contributed by atoms with Crippen LogP contribution in [-0.2, 0) is 0 Å². The lowest BCUT2D eigenvalue weighted by molar-refractivity contribution is 1.18. The van der Waals surface area contributed by atoms with Gasteiger partial charge in [-0.15, -0.1) is 0 Å². The minimum Gasteiger partial charge on any atom is -0.237 e. The highest BCUT2D eigenvalue weighted by atomic mass is 14.8. The molecule has 0 saturated heterocycles. The standard InChI is InChI=1S/C36H22N2/c1-2-11-31-30(10-1)33-14-5-13-32-29(17-18-34(31)35(32)33)24-8-3-7-23(21-24)27-12-4-9-25-22-26(15-16-28(25)27)36-37-19-6-20-38-36/h1-22H. The smallest absolute Gasteiger partial charge is 0.159 e. The fraction of sp³-hybridized carbons (Fsp3) is 0. The maximum absolute atomic E-state index is 4.43. The number of hydrogen-bond donors (Lipinski definition) is 0. The van der Waals surface area contributed by atoms with Gasteiger partial charge in [-0.3, -0.25) is 0 Å². The fourth-order valence-electron chi connectivity index (χ4n) is 6.04. The Morgan fingerprint density at radius 1 is 0.368 bits per heavy atom. The van der Waals surface area contributed by atoms with E-state index >= 15 is 0 Å². The second-order valence-corrected chi connectivity index (χ2v) is 9.83. The molecule has 0 N–H and O–H groups in total. The molecule has 1 aliphatic carbocycles. The highest BCUT2D eigenvalue weighted by molar-refractivity contribution is 6.18. The summed E-state index contributed by atoms with van der Waals surface area (Å²) in [6, 6.07) is 43.8. The second-order valence-electron chi connectivity index (χ2n) is 9.83. The van der Waals surface area contributed by atoms with Gasteiger partial charge >= 0.3 is 0 Å². The third-order valence-electron chi connectivity index (χ3n) is 7.74. The first kappa shape index (κ1) is 21.0. The fourth-order valence-corrected chi connectivity index (χ4v) is 6.04. The molecule has 176 valence electrons. The molecular weight excluding hydrogens is 460 g/mol. The van der Waals surface area contributed by atoms with Crippen molar-refractivity contribution in [1.29, 1.82) is 0 Å². The molecule has 1 aliphatic rings.